The van der Waals surface area contributed by atoms with Crippen molar-refractivity contribution in [3.05, 3.63) is 0 Å². The van der Waals surface area contributed by atoms with Gasteiger partial charge >= 0.3 is 0 Å². The predicted octanol–water partition coefficient (Wildman–Crippen LogP) is -0.208. The number of carbonyl (C=O) groups is 1. The third-order valence-corrected chi connectivity index (χ3v) is 2.05. The van der Waals surface area contributed by atoms with Crippen LogP contribution < -0.4 is 11.1 Å². The zero-order chi connectivity index (χ0) is 10.3. The molecule has 1 atom stereocenters. The van der Waals surface area contributed by atoms with Crippen molar-refractivity contribution in [2.75, 3.05) is 27.2 Å². The summed E-state index contributed by atoms with van der Waals surface area (Å²) in [6.45, 7) is 3.62. The highest BCUT2D eigenvalue weighted by Gasteiger charge is 2.14. The molecular weight excluding hydrogens is 166 g/mol. The molecule has 0 heterocycles. The van der Waals surface area contributed by atoms with E-state index in [0.29, 0.717) is 6.42 Å². The normalized spacial score (nSPS) is 12.6. The van der Waals surface area contributed by atoms with Gasteiger partial charge in [0.25, 0.3) is 0 Å². The van der Waals surface area contributed by atoms with E-state index in [4.69, 9.17) is 5.73 Å². The quantitative estimate of drug-likeness (QED) is 0.566. The van der Waals surface area contributed by atoms with Crippen LogP contribution >= 0.6 is 0 Å². The third kappa shape index (κ3) is 4.85. The largest absolute Gasteiger partial charge is 0.344 e. The van der Waals surface area contributed by atoms with Crippen molar-refractivity contribution < 1.29 is 4.79 Å². The number of nitrogens with zero attached hydrogens (tertiary/aromatic N) is 1. The van der Waals surface area contributed by atoms with Crippen LogP contribution in [0.1, 0.15) is 19.8 Å². The first-order chi connectivity index (χ1) is 6.13. The van der Waals surface area contributed by atoms with Crippen molar-refractivity contribution in [3.63, 3.8) is 0 Å². The highest BCUT2D eigenvalue weighted by molar-refractivity contribution is 5.81. The van der Waals surface area contributed by atoms with Gasteiger partial charge in [0.2, 0.25) is 5.91 Å². The number of rotatable bonds is 6. The fraction of sp³-hybridized carbons (Fsp3) is 0.889. The minimum atomic E-state index is -0.334. The zero-order valence-electron chi connectivity index (χ0n) is 8.84. The molecule has 3 N–H and O–H groups in total. The van der Waals surface area contributed by atoms with Crippen molar-refractivity contribution in [3.8, 4) is 0 Å². The smallest absolute Gasteiger partial charge is 0.239 e. The van der Waals surface area contributed by atoms with Gasteiger partial charge in [-0.15, -0.1) is 0 Å². The molecule has 4 nitrogen and oxygen atoms in total. The molecule has 78 valence electrons. The molecular formula is C9H21N3O. The fourth-order valence-corrected chi connectivity index (χ4v) is 1.06. The van der Waals surface area contributed by atoms with E-state index in [9.17, 15) is 4.79 Å². The molecule has 13 heavy (non-hydrogen) atoms. The minimum Gasteiger partial charge on any atom is -0.344 e. The highest BCUT2D eigenvalue weighted by Crippen LogP contribution is 1.95. The van der Waals surface area contributed by atoms with Gasteiger partial charge < -0.3 is 16.0 Å². The van der Waals surface area contributed by atoms with E-state index in [-0.39, 0.29) is 11.9 Å². The second kappa shape index (κ2) is 6.86. The number of nitrogens with one attached hydrogen (secondary N) is 1. The molecule has 0 unspecified atom stereocenters. The Labute approximate surface area is 80.5 Å². The molecule has 0 aromatic rings. The van der Waals surface area contributed by atoms with Crippen LogP contribution in [0.3, 0.4) is 0 Å². The molecule has 1 amide bonds. The van der Waals surface area contributed by atoms with E-state index >= 15 is 0 Å². The predicted molar refractivity (Wildman–Crippen MR) is 54.4 cm³/mol. The first-order valence-corrected chi connectivity index (χ1v) is 4.78. The summed E-state index contributed by atoms with van der Waals surface area (Å²) in [7, 11) is 3.70. The molecule has 0 aliphatic heterocycles. The number of hydrogen-bond acceptors (Lipinski definition) is 3. The Bertz CT molecular complexity index is 150. The third-order valence-electron chi connectivity index (χ3n) is 2.05. The first-order valence-electron chi connectivity index (χ1n) is 4.78. The van der Waals surface area contributed by atoms with Crippen LogP contribution in [0.5, 0.6) is 0 Å². The van der Waals surface area contributed by atoms with Crippen LogP contribution in [0, 0.1) is 0 Å². The lowest BCUT2D eigenvalue weighted by Gasteiger charge is -2.20. The van der Waals surface area contributed by atoms with E-state index in [2.05, 4.69) is 5.32 Å². The van der Waals surface area contributed by atoms with Crippen LogP contribution in [0.15, 0.2) is 0 Å². The Kier molecular flexibility index (Phi) is 6.54. The maximum atomic E-state index is 11.4. The standard InChI is InChI=1S/C9H21N3O/c1-4-8(10)9(13)12(3)7-5-6-11-2/h8,11H,4-7,10H2,1-3H3/t8-/m1/s1. The average Bonchev–Trinajstić information content (AvgIpc) is 2.15. The lowest BCUT2D eigenvalue weighted by molar-refractivity contribution is -0.131. The van der Waals surface area contributed by atoms with Gasteiger partial charge in [-0.05, 0) is 26.4 Å². The molecule has 0 aliphatic carbocycles. The molecule has 0 spiro atoms. The summed E-state index contributed by atoms with van der Waals surface area (Å²) in [6, 6.07) is -0.334. The molecule has 0 aromatic heterocycles. The maximum Gasteiger partial charge on any atom is 0.239 e. The van der Waals surface area contributed by atoms with E-state index in [1.54, 1.807) is 11.9 Å². The summed E-state index contributed by atoms with van der Waals surface area (Å²) < 4.78 is 0. The van der Waals surface area contributed by atoms with E-state index in [0.717, 1.165) is 19.5 Å². The van der Waals surface area contributed by atoms with Gasteiger partial charge in [0.1, 0.15) is 0 Å². The van der Waals surface area contributed by atoms with Crippen LogP contribution in [-0.4, -0.2) is 44.0 Å². The number of hydrogen-bond donors (Lipinski definition) is 2. The summed E-state index contributed by atoms with van der Waals surface area (Å²) >= 11 is 0. The van der Waals surface area contributed by atoms with Crippen molar-refractivity contribution in [2.24, 2.45) is 5.73 Å². The molecule has 0 radical (unpaired) electrons. The summed E-state index contributed by atoms with van der Waals surface area (Å²) in [5.74, 6) is 0.0404. The van der Waals surface area contributed by atoms with Gasteiger partial charge in [0, 0.05) is 13.6 Å². The average molecular weight is 187 g/mol. The fourth-order valence-electron chi connectivity index (χ4n) is 1.06. The molecule has 0 fully saturated rings. The van der Waals surface area contributed by atoms with Gasteiger partial charge in [-0.25, -0.2) is 0 Å². The zero-order valence-corrected chi connectivity index (χ0v) is 8.84. The second-order valence-corrected chi connectivity index (χ2v) is 3.23. The minimum absolute atomic E-state index is 0.0404. The Morgan fingerprint density at radius 1 is 1.62 bits per heavy atom. The highest BCUT2D eigenvalue weighted by atomic mass is 16.2. The lowest BCUT2D eigenvalue weighted by Crippen LogP contribution is -2.42. The van der Waals surface area contributed by atoms with Crippen molar-refractivity contribution in [1.82, 2.24) is 10.2 Å². The van der Waals surface area contributed by atoms with Crippen molar-refractivity contribution in [1.29, 1.82) is 0 Å². The Hall–Kier alpha value is -0.610. The SMILES string of the molecule is CC[C@@H](N)C(=O)N(C)CCCNC. The van der Waals surface area contributed by atoms with Gasteiger partial charge in [-0.1, -0.05) is 6.92 Å². The van der Waals surface area contributed by atoms with Crippen LogP contribution in [-0.2, 0) is 4.79 Å². The summed E-state index contributed by atoms with van der Waals surface area (Å²) in [5, 5.41) is 3.04. The van der Waals surface area contributed by atoms with E-state index in [1.807, 2.05) is 14.0 Å². The molecule has 0 aliphatic rings. The summed E-state index contributed by atoms with van der Waals surface area (Å²) in [5.41, 5.74) is 5.61. The molecule has 0 bridgehead atoms. The van der Waals surface area contributed by atoms with Crippen LogP contribution in [0.4, 0.5) is 0 Å². The topological polar surface area (TPSA) is 58.4 Å². The lowest BCUT2D eigenvalue weighted by atomic mass is 10.2. The monoisotopic (exact) mass is 187 g/mol. The molecule has 0 saturated heterocycles. The Morgan fingerprint density at radius 3 is 2.69 bits per heavy atom. The first kappa shape index (κ1) is 12.4. The molecule has 4 heteroatoms. The second-order valence-electron chi connectivity index (χ2n) is 3.23. The van der Waals surface area contributed by atoms with Crippen molar-refractivity contribution >= 4 is 5.91 Å². The van der Waals surface area contributed by atoms with Gasteiger partial charge in [0.15, 0.2) is 0 Å². The molecule has 0 saturated carbocycles. The Balaban J connectivity index is 3.69. The number of likely N-dealkylation sites (N-methyl/N-ethyl adjacent to an activating group) is 1. The van der Waals surface area contributed by atoms with E-state index < -0.39 is 0 Å². The van der Waals surface area contributed by atoms with Crippen LogP contribution in [0.2, 0.25) is 0 Å². The van der Waals surface area contributed by atoms with Crippen LogP contribution in [0.25, 0.3) is 0 Å². The van der Waals surface area contributed by atoms with E-state index in [1.165, 1.54) is 0 Å². The number of amides is 1. The summed E-state index contributed by atoms with van der Waals surface area (Å²) in [6.07, 6.45) is 1.67. The summed E-state index contributed by atoms with van der Waals surface area (Å²) in [4.78, 5) is 13.1. The van der Waals surface area contributed by atoms with Gasteiger partial charge in [-0.3, -0.25) is 4.79 Å². The van der Waals surface area contributed by atoms with Gasteiger partial charge in [-0.2, -0.15) is 0 Å². The molecule has 0 aromatic carbocycles. The number of nitrogens with two attached hydrogens (primary N) is 1. The number of carbonyl (C=O) groups excluding carboxylic acids is 1. The maximum absolute atomic E-state index is 11.4. The van der Waals surface area contributed by atoms with Gasteiger partial charge in [0.05, 0.1) is 6.04 Å². The molecule has 0 rings (SSSR count). The Morgan fingerprint density at radius 2 is 2.23 bits per heavy atom. The van der Waals surface area contributed by atoms with Crippen molar-refractivity contribution in [2.45, 2.75) is 25.8 Å².